The molecule has 1 aliphatic heterocycles. The summed E-state index contributed by atoms with van der Waals surface area (Å²) in [7, 11) is 0. The molecule has 0 bridgehead atoms. The summed E-state index contributed by atoms with van der Waals surface area (Å²) in [5.74, 6) is -1.10. The van der Waals surface area contributed by atoms with E-state index in [2.05, 4.69) is 5.32 Å². The van der Waals surface area contributed by atoms with Gasteiger partial charge in [0.25, 0.3) is 5.91 Å². The summed E-state index contributed by atoms with van der Waals surface area (Å²) in [6, 6.07) is 12.7. The number of aliphatic hydroxyl groups is 2. The molecule has 4 atom stereocenters. The fourth-order valence-corrected chi connectivity index (χ4v) is 5.49. The van der Waals surface area contributed by atoms with Crippen LogP contribution in [0.5, 0.6) is 40.2 Å². The zero-order chi connectivity index (χ0) is 32.5. The highest BCUT2D eigenvalue weighted by Crippen LogP contribution is 2.50. The molecule has 0 unspecified atom stereocenters. The van der Waals surface area contributed by atoms with Gasteiger partial charge in [-0.05, 0) is 69.7 Å². The molecule has 0 aromatic heterocycles. The lowest BCUT2D eigenvalue weighted by Crippen LogP contribution is -2.46. The van der Waals surface area contributed by atoms with Crippen LogP contribution in [0, 0.1) is 5.92 Å². The molecule has 0 radical (unpaired) electrons. The van der Waals surface area contributed by atoms with E-state index in [4.69, 9.17) is 30.5 Å². The van der Waals surface area contributed by atoms with Crippen molar-refractivity contribution >= 4 is 29.3 Å². The Morgan fingerprint density at radius 3 is 2.60 bits per heavy atom. The van der Waals surface area contributed by atoms with Gasteiger partial charge in [0.1, 0.15) is 47.0 Å². The lowest BCUT2D eigenvalue weighted by molar-refractivity contribution is -0.112. The van der Waals surface area contributed by atoms with Gasteiger partial charge in [0.2, 0.25) is 12.5 Å². The van der Waals surface area contributed by atoms with Crippen LogP contribution < -0.4 is 24.3 Å². The topological polar surface area (TPSA) is 167 Å². The van der Waals surface area contributed by atoms with E-state index in [-0.39, 0.29) is 47.7 Å². The van der Waals surface area contributed by atoms with Gasteiger partial charge in [-0.2, -0.15) is 0 Å². The molecule has 45 heavy (non-hydrogen) atoms. The molecular weight excluding hydrogens is 606 g/mol. The molecule has 11 nitrogen and oxygen atoms in total. The molecule has 2 aliphatic rings. The molecule has 0 spiro atoms. The van der Waals surface area contributed by atoms with Crippen LogP contribution in [-0.4, -0.2) is 62.6 Å². The molecule has 12 heteroatoms. The highest BCUT2D eigenvalue weighted by atomic mass is 35.5. The number of hydrogen-bond acceptors (Lipinski definition) is 10. The molecule has 1 amide bonds. The van der Waals surface area contributed by atoms with Crippen molar-refractivity contribution in [1.29, 1.82) is 0 Å². The number of benzene rings is 3. The number of carbonyl (C=O) groups is 1. The molecule has 6 N–H and O–H groups in total. The fraction of sp³-hybridized carbons (Fsp3) is 0.303. The molecule has 1 fully saturated rings. The number of aliphatic hydroxyl groups excluding tert-OH is 1. The standard InChI is InChI=1S/C33H34ClNO10/c1-17(9-10-42-21-6-4-5-20(34)12-21)23-14-27(33(3,41)31(23)39)45-22-8-7-19(24(36)13-22)11-18(2)32(40)35-28-25(37)15-26-30(29(28)38)44-16-43-26/h4-9,11-13,15,23,27,31,36-39,41H,10,14,16H2,1-3H3,(H,35,40)/b17-9+,18-11+/t23-,27-,31-,33-/m1/s1. The monoisotopic (exact) mass is 639 g/mol. The molecule has 238 valence electrons. The lowest BCUT2D eigenvalue weighted by atomic mass is 9.92. The number of phenolic OH excluding ortho intramolecular Hbond substituents is 3. The summed E-state index contributed by atoms with van der Waals surface area (Å²) < 4.78 is 22.1. The number of rotatable bonds is 9. The van der Waals surface area contributed by atoms with Crippen LogP contribution in [0.4, 0.5) is 5.69 Å². The second kappa shape index (κ2) is 12.8. The van der Waals surface area contributed by atoms with E-state index in [0.29, 0.717) is 22.8 Å². The molecular formula is C33H34ClNO10. The van der Waals surface area contributed by atoms with Crippen LogP contribution >= 0.6 is 11.6 Å². The Morgan fingerprint density at radius 2 is 1.87 bits per heavy atom. The van der Waals surface area contributed by atoms with Gasteiger partial charge < -0.3 is 49.8 Å². The lowest BCUT2D eigenvalue weighted by Gasteiger charge is -2.29. The summed E-state index contributed by atoms with van der Waals surface area (Å²) in [4.78, 5) is 12.8. The SMILES string of the molecule is C/C(=C\c1ccc(O[C@@H]2C[C@H](/C(C)=C/COc3cccc(Cl)c3)[C@@H](O)[C@]2(C)O)cc1O)C(=O)Nc1c(O)cc2c(c1O)OCO2. The molecule has 3 aromatic carbocycles. The highest BCUT2D eigenvalue weighted by Gasteiger charge is 2.52. The summed E-state index contributed by atoms with van der Waals surface area (Å²) in [6.45, 7) is 4.98. The van der Waals surface area contributed by atoms with Crippen molar-refractivity contribution in [2.75, 3.05) is 18.7 Å². The van der Waals surface area contributed by atoms with E-state index >= 15 is 0 Å². The van der Waals surface area contributed by atoms with Gasteiger partial charge in [0.15, 0.2) is 11.5 Å². The molecule has 1 heterocycles. The quantitative estimate of drug-likeness (QED) is 0.105. The number of phenols is 3. The Balaban J connectivity index is 1.23. The first-order chi connectivity index (χ1) is 21.3. The molecule has 5 rings (SSSR count). The maximum absolute atomic E-state index is 12.8. The van der Waals surface area contributed by atoms with Crippen LogP contribution in [0.15, 0.2) is 65.8 Å². The summed E-state index contributed by atoms with van der Waals surface area (Å²) in [6.07, 6.45) is 1.68. The van der Waals surface area contributed by atoms with Gasteiger partial charge in [0.05, 0.1) is 6.10 Å². The number of anilines is 1. The first-order valence-corrected chi connectivity index (χ1v) is 14.5. The summed E-state index contributed by atoms with van der Waals surface area (Å²) in [5, 5.41) is 56.4. The summed E-state index contributed by atoms with van der Waals surface area (Å²) in [5.41, 5.74) is -0.545. The Morgan fingerprint density at radius 1 is 1.09 bits per heavy atom. The van der Waals surface area contributed by atoms with Crippen LogP contribution in [0.2, 0.25) is 5.02 Å². The second-order valence-electron chi connectivity index (χ2n) is 11.2. The average molecular weight is 640 g/mol. The molecule has 0 saturated heterocycles. The van der Waals surface area contributed by atoms with Crippen molar-refractivity contribution in [3.05, 3.63) is 76.3 Å². The van der Waals surface area contributed by atoms with E-state index in [1.807, 2.05) is 13.0 Å². The largest absolute Gasteiger partial charge is 0.507 e. The van der Waals surface area contributed by atoms with Crippen LogP contribution in [0.1, 0.15) is 32.8 Å². The van der Waals surface area contributed by atoms with Crippen molar-refractivity contribution in [2.45, 2.75) is 45.0 Å². The Bertz CT molecular complexity index is 1670. The first-order valence-electron chi connectivity index (χ1n) is 14.1. The minimum Gasteiger partial charge on any atom is -0.507 e. The number of carbonyl (C=O) groups excluding carboxylic acids is 1. The zero-order valence-electron chi connectivity index (χ0n) is 24.8. The van der Waals surface area contributed by atoms with Crippen molar-refractivity contribution in [3.8, 4) is 40.2 Å². The van der Waals surface area contributed by atoms with Crippen LogP contribution in [0.25, 0.3) is 6.08 Å². The van der Waals surface area contributed by atoms with Gasteiger partial charge in [-0.1, -0.05) is 23.2 Å². The maximum Gasteiger partial charge on any atom is 0.251 e. The van der Waals surface area contributed by atoms with Crippen molar-refractivity contribution in [2.24, 2.45) is 5.92 Å². The Labute approximate surface area is 264 Å². The van der Waals surface area contributed by atoms with Gasteiger partial charge >= 0.3 is 0 Å². The predicted octanol–water partition coefficient (Wildman–Crippen LogP) is 5.13. The maximum atomic E-state index is 12.8. The number of aromatic hydroxyl groups is 3. The smallest absolute Gasteiger partial charge is 0.251 e. The third-order valence-electron chi connectivity index (χ3n) is 8.00. The third-order valence-corrected chi connectivity index (χ3v) is 8.24. The number of ether oxygens (including phenoxy) is 4. The minimum atomic E-state index is -1.58. The van der Waals surface area contributed by atoms with E-state index in [0.717, 1.165) is 5.57 Å². The van der Waals surface area contributed by atoms with E-state index in [9.17, 15) is 30.3 Å². The van der Waals surface area contributed by atoms with Crippen molar-refractivity contribution in [3.63, 3.8) is 0 Å². The number of nitrogens with one attached hydrogen (secondary N) is 1. The minimum absolute atomic E-state index is 0.00653. The Hall–Kier alpha value is -4.58. The predicted molar refractivity (Wildman–Crippen MR) is 166 cm³/mol. The third kappa shape index (κ3) is 6.75. The number of hydrogen-bond donors (Lipinski definition) is 6. The van der Waals surface area contributed by atoms with Gasteiger partial charge in [-0.15, -0.1) is 0 Å². The number of fused-ring (bicyclic) bond motifs is 1. The van der Waals surface area contributed by atoms with Gasteiger partial charge in [0, 0.05) is 34.2 Å². The molecule has 1 saturated carbocycles. The first kappa shape index (κ1) is 31.8. The molecule has 1 aliphatic carbocycles. The van der Waals surface area contributed by atoms with Gasteiger partial charge in [-0.25, -0.2) is 0 Å². The highest BCUT2D eigenvalue weighted by molar-refractivity contribution is 6.30. The number of amides is 1. The Kier molecular flexibility index (Phi) is 9.06. The molecule has 3 aromatic rings. The fourth-order valence-electron chi connectivity index (χ4n) is 5.30. The second-order valence-corrected chi connectivity index (χ2v) is 11.6. The van der Waals surface area contributed by atoms with E-state index < -0.39 is 41.1 Å². The summed E-state index contributed by atoms with van der Waals surface area (Å²) >= 11 is 6.00. The van der Waals surface area contributed by atoms with Crippen molar-refractivity contribution in [1.82, 2.24) is 0 Å². The van der Waals surface area contributed by atoms with Gasteiger partial charge in [-0.3, -0.25) is 4.79 Å². The van der Waals surface area contributed by atoms with E-state index in [1.54, 1.807) is 30.3 Å². The number of halogens is 1. The van der Waals surface area contributed by atoms with Crippen LogP contribution in [0.3, 0.4) is 0 Å². The normalized spacial score (nSPS) is 22.8. The zero-order valence-corrected chi connectivity index (χ0v) is 25.5. The van der Waals surface area contributed by atoms with Crippen molar-refractivity contribution < 1.29 is 49.3 Å². The average Bonchev–Trinajstić information content (AvgIpc) is 3.54. The van der Waals surface area contributed by atoms with E-state index in [1.165, 1.54) is 38.1 Å². The van der Waals surface area contributed by atoms with Crippen LogP contribution in [-0.2, 0) is 4.79 Å².